The van der Waals surface area contributed by atoms with E-state index in [4.69, 9.17) is 0 Å². The lowest BCUT2D eigenvalue weighted by Gasteiger charge is -2.39. The Hall–Kier alpha value is -2.57. The zero-order valence-electron chi connectivity index (χ0n) is 15.1. The molecule has 1 fully saturated rings. The molecule has 1 aliphatic heterocycles. The van der Waals surface area contributed by atoms with E-state index < -0.39 is 0 Å². The van der Waals surface area contributed by atoms with Crippen molar-refractivity contribution in [2.45, 2.75) is 44.8 Å². The minimum atomic E-state index is -0.222. The summed E-state index contributed by atoms with van der Waals surface area (Å²) in [5.41, 5.74) is 1.55. The summed E-state index contributed by atoms with van der Waals surface area (Å²) in [5, 5.41) is 7.35. The van der Waals surface area contributed by atoms with Crippen LogP contribution in [-0.4, -0.2) is 44.2 Å². The largest absolute Gasteiger partial charge is 0.346 e. The molecule has 0 unspecified atom stereocenters. The van der Waals surface area contributed by atoms with E-state index in [2.05, 4.69) is 10.4 Å². The van der Waals surface area contributed by atoms with Crippen LogP contribution < -0.4 is 5.32 Å². The zero-order valence-corrected chi connectivity index (χ0v) is 15.1. The van der Waals surface area contributed by atoms with Crippen LogP contribution in [0, 0.1) is 0 Å². The Bertz CT molecular complexity index is 776. The maximum absolute atomic E-state index is 12.8. The van der Waals surface area contributed by atoms with Crippen LogP contribution in [0.25, 0.3) is 0 Å². The summed E-state index contributed by atoms with van der Waals surface area (Å²) in [6, 6.07) is 5.44. The van der Waals surface area contributed by atoms with E-state index in [-0.39, 0.29) is 29.9 Å². The summed E-state index contributed by atoms with van der Waals surface area (Å²) in [6.07, 6.45) is 4.67. The molecule has 2 amide bonds. The van der Waals surface area contributed by atoms with Crippen LogP contribution in [0.1, 0.15) is 55.0 Å². The van der Waals surface area contributed by atoms with Gasteiger partial charge in [-0.2, -0.15) is 5.10 Å². The molecular formula is C18H25N5O2. The molecule has 1 N–H and O–H groups in total. The van der Waals surface area contributed by atoms with Crippen molar-refractivity contribution in [2.75, 3.05) is 7.05 Å². The van der Waals surface area contributed by atoms with Crippen molar-refractivity contribution in [2.24, 2.45) is 7.05 Å². The molecule has 25 heavy (non-hydrogen) atoms. The highest BCUT2D eigenvalue weighted by molar-refractivity contribution is 5.93. The molecule has 0 bridgehead atoms. The van der Waals surface area contributed by atoms with E-state index in [9.17, 15) is 9.59 Å². The normalized spacial score (nSPS) is 21.0. The van der Waals surface area contributed by atoms with Crippen LogP contribution in [0.2, 0.25) is 0 Å². The summed E-state index contributed by atoms with van der Waals surface area (Å²) in [7, 11) is 3.64. The van der Waals surface area contributed by atoms with E-state index in [1.807, 2.05) is 49.9 Å². The van der Waals surface area contributed by atoms with Crippen molar-refractivity contribution in [1.29, 1.82) is 0 Å². The average molecular weight is 343 g/mol. The Balaban J connectivity index is 1.86. The number of amides is 2. The monoisotopic (exact) mass is 343 g/mol. The fourth-order valence-electron chi connectivity index (χ4n) is 3.55. The predicted molar refractivity (Wildman–Crippen MR) is 94.0 cm³/mol. The van der Waals surface area contributed by atoms with Gasteiger partial charge in [-0.1, -0.05) is 0 Å². The second-order valence-corrected chi connectivity index (χ2v) is 6.84. The molecule has 134 valence electrons. The summed E-state index contributed by atoms with van der Waals surface area (Å²) in [4.78, 5) is 26.7. The molecule has 0 saturated carbocycles. The number of piperidine rings is 1. The number of aryl methyl sites for hydroxylation is 1. The second-order valence-electron chi connectivity index (χ2n) is 6.84. The smallest absolute Gasteiger partial charge is 0.268 e. The third-order valence-corrected chi connectivity index (χ3v) is 4.91. The van der Waals surface area contributed by atoms with Crippen molar-refractivity contribution >= 4 is 11.8 Å². The maximum Gasteiger partial charge on any atom is 0.268 e. The van der Waals surface area contributed by atoms with E-state index in [0.717, 1.165) is 5.69 Å². The molecule has 7 nitrogen and oxygen atoms in total. The Labute approximate surface area is 147 Å². The molecule has 2 aromatic heterocycles. The first-order valence-corrected chi connectivity index (χ1v) is 8.61. The van der Waals surface area contributed by atoms with Crippen molar-refractivity contribution < 1.29 is 9.59 Å². The molecule has 0 aromatic carbocycles. The van der Waals surface area contributed by atoms with E-state index in [1.54, 1.807) is 22.8 Å². The number of hydrogen-bond acceptors (Lipinski definition) is 3. The number of likely N-dealkylation sites (N-methyl/N-ethyl adjacent to an activating group) is 1. The van der Waals surface area contributed by atoms with Gasteiger partial charge in [-0.15, -0.1) is 0 Å². The van der Waals surface area contributed by atoms with Gasteiger partial charge in [0.1, 0.15) is 5.69 Å². The number of carbonyl (C=O) groups is 2. The summed E-state index contributed by atoms with van der Waals surface area (Å²) in [5.74, 6) is -0.0270. The molecule has 1 saturated heterocycles. The van der Waals surface area contributed by atoms with Gasteiger partial charge in [-0.25, -0.2) is 0 Å². The summed E-state index contributed by atoms with van der Waals surface area (Å²) in [6.45, 7) is 4.09. The number of nitrogens with one attached hydrogen (secondary N) is 1. The summed E-state index contributed by atoms with van der Waals surface area (Å²) < 4.78 is 3.71. The molecular weight excluding hydrogens is 318 g/mol. The minimum Gasteiger partial charge on any atom is -0.346 e. The standard InChI is InChI=1S/C18H25N5O2/c1-12(2)23-11-5-6-15(23)18(25)20-13-7-8-16(24)21(3)17(13)14-9-10-19-22(14)4/h5-6,9-13,17H,7-8H2,1-4H3,(H,20,25)/t13-,17-/m1/s1. The zero-order chi connectivity index (χ0) is 18.1. The van der Waals surface area contributed by atoms with Crippen molar-refractivity contribution in [1.82, 2.24) is 24.6 Å². The molecule has 0 aliphatic carbocycles. The molecule has 3 heterocycles. The Morgan fingerprint density at radius 1 is 1.32 bits per heavy atom. The maximum atomic E-state index is 12.8. The lowest BCUT2D eigenvalue weighted by Crippen LogP contribution is -2.51. The molecule has 0 spiro atoms. The van der Waals surface area contributed by atoms with Crippen molar-refractivity contribution in [3.05, 3.63) is 42.0 Å². The Morgan fingerprint density at radius 2 is 2.08 bits per heavy atom. The Kier molecular flexibility index (Phi) is 4.65. The van der Waals surface area contributed by atoms with Crippen LogP contribution in [0.15, 0.2) is 30.6 Å². The average Bonchev–Trinajstić information content (AvgIpc) is 3.20. The quantitative estimate of drug-likeness (QED) is 0.921. The van der Waals surface area contributed by atoms with Gasteiger partial charge < -0.3 is 14.8 Å². The first-order chi connectivity index (χ1) is 11.9. The molecule has 2 aromatic rings. The molecule has 3 rings (SSSR count). The van der Waals surface area contributed by atoms with Crippen LogP contribution >= 0.6 is 0 Å². The Morgan fingerprint density at radius 3 is 2.72 bits per heavy atom. The fourth-order valence-corrected chi connectivity index (χ4v) is 3.55. The van der Waals surface area contributed by atoms with Crippen LogP contribution in [0.4, 0.5) is 0 Å². The van der Waals surface area contributed by atoms with E-state index in [0.29, 0.717) is 18.5 Å². The molecule has 2 atom stereocenters. The fraction of sp³-hybridized carbons (Fsp3) is 0.500. The third-order valence-electron chi connectivity index (χ3n) is 4.91. The minimum absolute atomic E-state index is 0.0854. The van der Waals surface area contributed by atoms with Gasteiger partial charge in [0, 0.05) is 39.0 Å². The topological polar surface area (TPSA) is 72.2 Å². The van der Waals surface area contributed by atoms with Crippen molar-refractivity contribution in [3.8, 4) is 0 Å². The van der Waals surface area contributed by atoms with Gasteiger partial charge in [0.05, 0.1) is 17.8 Å². The number of nitrogens with zero attached hydrogens (tertiary/aromatic N) is 4. The molecule has 0 radical (unpaired) electrons. The van der Waals surface area contributed by atoms with Gasteiger partial charge in [0.25, 0.3) is 5.91 Å². The van der Waals surface area contributed by atoms with Crippen LogP contribution in [0.3, 0.4) is 0 Å². The predicted octanol–water partition coefficient (Wildman–Crippen LogP) is 1.89. The molecule has 1 aliphatic rings. The highest BCUT2D eigenvalue weighted by Crippen LogP contribution is 2.30. The lowest BCUT2D eigenvalue weighted by molar-refractivity contribution is -0.136. The first-order valence-electron chi connectivity index (χ1n) is 8.61. The first kappa shape index (κ1) is 17.3. The number of likely N-dealkylation sites (tertiary alicyclic amines) is 1. The van der Waals surface area contributed by atoms with Gasteiger partial charge in [0.15, 0.2) is 0 Å². The van der Waals surface area contributed by atoms with Gasteiger partial charge in [0.2, 0.25) is 5.91 Å². The van der Waals surface area contributed by atoms with Gasteiger partial charge in [-0.3, -0.25) is 14.3 Å². The van der Waals surface area contributed by atoms with Gasteiger partial charge >= 0.3 is 0 Å². The number of rotatable bonds is 4. The van der Waals surface area contributed by atoms with E-state index in [1.165, 1.54) is 0 Å². The summed E-state index contributed by atoms with van der Waals surface area (Å²) >= 11 is 0. The number of carbonyl (C=O) groups excluding carboxylic acids is 2. The number of aromatic nitrogens is 3. The van der Waals surface area contributed by atoms with Crippen LogP contribution in [0.5, 0.6) is 0 Å². The van der Waals surface area contributed by atoms with Crippen LogP contribution in [-0.2, 0) is 11.8 Å². The number of hydrogen-bond donors (Lipinski definition) is 1. The third kappa shape index (κ3) is 3.18. The molecule has 7 heteroatoms. The highest BCUT2D eigenvalue weighted by Gasteiger charge is 2.37. The van der Waals surface area contributed by atoms with E-state index >= 15 is 0 Å². The highest BCUT2D eigenvalue weighted by atomic mass is 16.2. The lowest BCUT2D eigenvalue weighted by atomic mass is 9.93. The second kappa shape index (κ2) is 6.74. The van der Waals surface area contributed by atoms with Gasteiger partial charge in [-0.05, 0) is 38.5 Å². The SMILES string of the molecule is CC(C)n1cccc1C(=O)N[C@@H]1CCC(=O)N(C)[C@H]1c1ccnn1C. The van der Waals surface area contributed by atoms with Crippen molar-refractivity contribution in [3.63, 3.8) is 0 Å².